The lowest BCUT2D eigenvalue weighted by molar-refractivity contribution is 0.120. The van der Waals surface area contributed by atoms with Gasteiger partial charge in [-0.3, -0.25) is 0 Å². The smallest absolute Gasteiger partial charge is 0.119 e. The van der Waals surface area contributed by atoms with E-state index in [0.717, 1.165) is 5.75 Å². The van der Waals surface area contributed by atoms with Crippen molar-refractivity contribution in [2.75, 3.05) is 19.8 Å². The van der Waals surface area contributed by atoms with Gasteiger partial charge in [0.1, 0.15) is 12.4 Å². The van der Waals surface area contributed by atoms with Crippen LogP contribution in [0, 0.1) is 13.8 Å². The Morgan fingerprint density at radius 2 is 2.15 bits per heavy atom. The van der Waals surface area contributed by atoms with Crippen molar-refractivity contribution in [1.29, 1.82) is 0 Å². The van der Waals surface area contributed by atoms with Gasteiger partial charge in [-0.15, -0.1) is 0 Å². The van der Waals surface area contributed by atoms with E-state index in [1.807, 2.05) is 31.2 Å². The molecule has 1 aromatic rings. The van der Waals surface area contributed by atoms with E-state index in [2.05, 4.69) is 6.92 Å². The van der Waals surface area contributed by atoms with Crippen LogP contribution in [-0.2, 0) is 4.74 Å². The largest absolute Gasteiger partial charge is 0.491 e. The maximum Gasteiger partial charge on any atom is 0.119 e. The lowest BCUT2D eigenvalue weighted by Gasteiger charge is -2.06. The number of benzene rings is 1. The monoisotopic (exact) mass is 179 g/mol. The average molecular weight is 179 g/mol. The van der Waals surface area contributed by atoms with Crippen molar-refractivity contribution in [3.05, 3.63) is 36.8 Å². The van der Waals surface area contributed by atoms with E-state index in [9.17, 15) is 0 Å². The van der Waals surface area contributed by atoms with Crippen LogP contribution in [0.25, 0.3) is 0 Å². The van der Waals surface area contributed by atoms with Gasteiger partial charge in [0.05, 0.1) is 6.61 Å². The SMILES string of the molecule is [CH2]COCCOc1cccc(C)c1. The van der Waals surface area contributed by atoms with Crippen LogP contribution in [0.1, 0.15) is 5.56 Å². The molecule has 0 aliphatic carbocycles. The summed E-state index contributed by atoms with van der Waals surface area (Å²) in [6.07, 6.45) is 0. The molecule has 0 bridgehead atoms. The van der Waals surface area contributed by atoms with Gasteiger partial charge in [0, 0.05) is 6.61 Å². The topological polar surface area (TPSA) is 18.5 Å². The minimum absolute atomic E-state index is 0.497. The second kappa shape index (κ2) is 5.60. The fourth-order valence-corrected chi connectivity index (χ4v) is 1.03. The lowest BCUT2D eigenvalue weighted by atomic mass is 10.2. The number of hydrogen-bond acceptors (Lipinski definition) is 2. The van der Waals surface area contributed by atoms with Gasteiger partial charge in [0.25, 0.3) is 0 Å². The van der Waals surface area contributed by atoms with Crippen LogP contribution in [0.15, 0.2) is 24.3 Å². The average Bonchev–Trinajstić information content (AvgIpc) is 2.13. The molecule has 2 heteroatoms. The van der Waals surface area contributed by atoms with Crippen molar-refractivity contribution >= 4 is 0 Å². The number of ether oxygens (including phenoxy) is 2. The normalized spacial score (nSPS) is 10.0. The van der Waals surface area contributed by atoms with Gasteiger partial charge in [-0.2, -0.15) is 0 Å². The van der Waals surface area contributed by atoms with Gasteiger partial charge in [0.15, 0.2) is 0 Å². The maximum atomic E-state index is 5.44. The van der Waals surface area contributed by atoms with Gasteiger partial charge < -0.3 is 9.47 Å². The molecule has 0 saturated carbocycles. The molecule has 2 nitrogen and oxygen atoms in total. The molecule has 0 N–H and O–H groups in total. The molecular formula is C11H15O2. The molecule has 1 radical (unpaired) electrons. The van der Waals surface area contributed by atoms with Crippen molar-refractivity contribution in [2.45, 2.75) is 6.92 Å². The maximum absolute atomic E-state index is 5.44. The fraction of sp³-hybridized carbons (Fsp3) is 0.364. The predicted octanol–water partition coefficient (Wildman–Crippen LogP) is 2.22. The summed E-state index contributed by atoms with van der Waals surface area (Å²) in [4.78, 5) is 0. The molecule has 13 heavy (non-hydrogen) atoms. The molecule has 0 saturated heterocycles. The first-order valence-corrected chi connectivity index (χ1v) is 4.39. The van der Waals surface area contributed by atoms with Crippen LogP contribution in [0.2, 0.25) is 0 Å². The molecule has 0 unspecified atom stereocenters. The summed E-state index contributed by atoms with van der Waals surface area (Å²) < 4.78 is 10.5. The van der Waals surface area contributed by atoms with Crippen molar-refractivity contribution in [2.24, 2.45) is 0 Å². The van der Waals surface area contributed by atoms with Crippen molar-refractivity contribution < 1.29 is 9.47 Å². The van der Waals surface area contributed by atoms with Gasteiger partial charge in [0.2, 0.25) is 0 Å². The summed E-state index contributed by atoms with van der Waals surface area (Å²) in [7, 11) is 0. The Morgan fingerprint density at radius 1 is 1.31 bits per heavy atom. The van der Waals surface area contributed by atoms with Gasteiger partial charge >= 0.3 is 0 Å². The third kappa shape index (κ3) is 3.95. The highest BCUT2D eigenvalue weighted by Crippen LogP contribution is 2.11. The van der Waals surface area contributed by atoms with Crippen LogP contribution in [0.5, 0.6) is 5.75 Å². The highest BCUT2D eigenvalue weighted by molar-refractivity contribution is 5.27. The summed E-state index contributed by atoms with van der Waals surface area (Å²) in [5, 5.41) is 0. The first-order valence-electron chi connectivity index (χ1n) is 4.39. The second-order valence-corrected chi connectivity index (χ2v) is 2.78. The standard InChI is InChI=1S/C11H15O2/c1-3-12-7-8-13-11-6-4-5-10(2)9-11/h4-6,9H,1,3,7-8H2,2H3. The molecule has 0 amide bonds. The van der Waals surface area contributed by atoms with E-state index in [4.69, 9.17) is 9.47 Å². The molecule has 1 aromatic carbocycles. The Hall–Kier alpha value is -1.02. The summed E-state index contributed by atoms with van der Waals surface area (Å²) in [5.74, 6) is 0.896. The zero-order chi connectivity index (χ0) is 9.52. The Morgan fingerprint density at radius 3 is 2.85 bits per heavy atom. The zero-order valence-corrected chi connectivity index (χ0v) is 7.95. The van der Waals surface area contributed by atoms with E-state index in [0.29, 0.717) is 19.8 Å². The summed E-state index contributed by atoms with van der Waals surface area (Å²) in [6, 6.07) is 7.97. The molecule has 0 aliphatic rings. The third-order valence-corrected chi connectivity index (χ3v) is 1.63. The zero-order valence-electron chi connectivity index (χ0n) is 7.95. The Kier molecular flexibility index (Phi) is 4.33. The highest BCUT2D eigenvalue weighted by atomic mass is 16.5. The van der Waals surface area contributed by atoms with Crippen LogP contribution in [-0.4, -0.2) is 19.8 Å². The van der Waals surface area contributed by atoms with Crippen LogP contribution < -0.4 is 4.74 Å². The summed E-state index contributed by atoms with van der Waals surface area (Å²) in [5.41, 5.74) is 1.20. The minimum Gasteiger partial charge on any atom is -0.491 e. The van der Waals surface area contributed by atoms with Crippen LogP contribution in [0.4, 0.5) is 0 Å². The van der Waals surface area contributed by atoms with E-state index in [1.54, 1.807) is 0 Å². The molecule has 0 fully saturated rings. The molecule has 0 atom stereocenters. The van der Waals surface area contributed by atoms with Gasteiger partial charge in [-0.25, -0.2) is 0 Å². The lowest BCUT2D eigenvalue weighted by Crippen LogP contribution is -2.06. The summed E-state index contributed by atoms with van der Waals surface area (Å²) >= 11 is 0. The molecule has 0 aliphatic heterocycles. The molecule has 0 aromatic heterocycles. The van der Waals surface area contributed by atoms with Crippen molar-refractivity contribution in [1.82, 2.24) is 0 Å². The number of aryl methyl sites for hydroxylation is 1. The van der Waals surface area contributed by atoms with Crippen LogP contribution in [0.3, 0.4) is 0 Å². The predicted molar refractivity (Wildman–Crippen MR) is 52.9 cm³/mol. The first-order chi connectivity index (χ1) is 6.33. The number of rotatable bonds is 5. The van der Waals surface area contributed by atoms with Gasteiger partial charge in [-0.05, 0) is 31.5 Å². The Labute approximate surface area is 79.5 Å². The molecule has 0 heterocycles. The third-order valence-electron chi connectivity index (χ3n) is 1.63. The van der Waals surface area contributed by atoms with Crippen molar-refractivity contribution in [3.63, 3.8) is 0 Å². The second-order valence-electron chi connectivity index (χ2n) is 2.78. The molecule has 1 rings (SSSR count). The van der Waals surface area contributed by atoms with E-state index in [-0.39, 0.29) is 0 Å². The quantitative estimate of drug-likeness (QED) is 0.645. The van der Waals surface area contributed by atoms with Crippen molar-refractivity contribution in [3.8, 4) is 5.75 Å². The Balaban J connectivity index is 2.28. The number of hydrogen-bond donors (Lipinski definition) is 0. The summed E-state index contributed by atoms with van der Waals surface area (Å²) in [6.45, 7) is 7.28. The molecular weight excluding hydrogens is 164 g/mol. The fourth-order valence-electron chi connectivity index (χ4n) is 1.03. The molecule has 71 valence electrons. The minimum atomic E-state index is 0.497. The van der Waals surface area contributed by atoms with E-state index < -0.39 is 0 Å². The Bertz CT molecular complexity index is 246. The van der Waals surface area contributed by atoms with E-state index >= 15 is 0 Å². The van der Waals surface area contributed by atoms with Gasteiger partial charge in [-0.1, -0.05) is 12.1 Å². The molecule has 0 spiro atoms. The van der Waals surface area contributed by atoms with E-state index in [1.165, 1.54) is 5.56 Å². The van der Waals surface area contributed by atoms with Crippen LogP contribution >= 0.6 is 0 Å². The first kappa shape index (κ1) is 10.1. The highest BCUT2D eigenvalue weighted by Gasteiger charge is 1.92.